The van der Waals surface area contributed by atoms with Crippen molar-refractivity contribution < 1.29 is 27.2 Å². The summed E-state index contributed by atoms with van der Waals surface area (Å²) < 4.78 is 54.8. The Hall–Kier alpha value is -3.48. The van der Waals surface area contributed by atoms with Crippen molar-refractivity contribution in [1.82, 2.24) is 0 Å². The van der Waals surface area contributed by atoms with Gasteiger partial charge in [0.1, 0.15) is 23.3 Å². The third-order valence-electron chi connectivity index (χ3n) is 4.23. The molecule has 1 N–H and O–H groups in total. The number of hydrogen-bond acceptors (Lipinski definition) is 2. The molecule has 0 fully saturated rings. The summed E-state index contributed by atoms with van der Waals surface area (Å²) in [5.74, 6) is -3.99. The fourth-order valence-corrected chi connectivity index (χ4v) is 2.85. The highest BCUT2D eigenvalue weighted by Crippen LogP contribution is 2.27. The third-order valence-corrected chi connectivity index (χ3v) is 4.23. The standard InChI is InChI=1S/C22H15F4NO2/c1-12(28)13-2-5-21(26)19(7-13)14-3-4-20(25)15(6-14)8-22(29)27-18-10-16(23)9-17(24)11-18/h2-7,9-11H,8H2,1H3,(H,27,29). The first-order valence-corrected chi connectivity index (χ1v) is 8.58. The Morgan fingerprint density at radius 1 is 0.828 bits per heavy atom. The van der Waals surface area contributed by atoms with Crippen LogP contribution in [-0.4, -0.2) is 11.7 Å². The minimum atomic E-state index is -0.866. The van der Waals surface area contributed by atoms with Gasteiger partial charge in [0, 0.05) is 22.9 Å². The molecule has 29 heavy (non-hydrogen) atoms. The SMILES string of the molecule is CC(=O)c1ccc(F)c(-c2ccc(F)c(CC(=O)Nc3cc(F)cc(F)c3)c2)c1. The molecular weight excluding hydrogens is 386 g/mol. The summed E-state index contributed by atoms with van der Waals surface area (Å²) in [6, 6.07) is 10.1. The van der Waals surface area contributed by atoms with E-state index in [4.69, 9.17) is 0 Å². The van der Waals surface area contributed by atoms with Crippen LogP contribution in [0.4, 0.5) is 23.2 Å². The van der Waals surface area contributed by atoms with E-state index >= 15 is 0 Å². The van der Waals surface area contributed by atoms with Gasteiger partial charge in [0.25, 0.3) is 0 Å². The van der Waals surface area contributed by atoms with E-state index in [9.17, 15) is 27.2 Å². The largest absolute Gasteiger partial charge is 0.326 e. The quantitative estimate of drug-likeness (QED) is 0.466. The maximum atomic E-state index is 14.2. The average Bonchev–Trinajstić information content (AvgIpc) is 2.63. The topological polar surface area (TPSA) is 46.2 Å². The van der Waals surface area contributed by atoms with Gasteiger partial charge in [-0.15, -0.1) is 0 Å². The summed E-state index contributed by atoms with van der Waals surface area (Å²) in [5.41, 5.74) is 0.519. The lowest BCUT2D eigenvalue weighted by Crippen LogP contribution is -2.15. The summed E-state index contributed by atoms with van der Waals surface area (Å²) in [5, 5.41) is 2.29. The highest BCUT2D eigenvalue weighted by molar-refractivity contribution is 5.95. The van der Waals surface area contributed by atoms with Crippen molar-refractivity contribution in [2.75, 3.05) is 5.32 Å². The van der Waals surface area contributed by atoms with Crippen LogP contribution in [0.3, 0.4) is 0 Å². The van der Waals surface area contributed by atoms with E-state index in [1.165, 1.54) is 31.2 Å². The first-order valence-electron chi connectivity index (χ1n) is 8.58. The van der Waals surface area contributed by atoms with Crippen molar-refractivity contribution in [2.45, 2.75) is 13.3 Å². The highest BCUT2D eigenvalue weighted by atomic mass is 19.1. The molecule has 0 aromatic heterocycles. The van der Waals surface area contributed by atoms with Crippen molar-refractivity contribution in [3.8, 4) is 11.1 Å². The lowest BCUT2D eigenvalue weighted by atomic mass is 9.98. The van der Waals surface area contributed by atoms with Gasteiger partial charge in [0.15, 0.2) is 5.78 Å². The van der Waals surface area contributed by atoms with Gasteiger partial charge < -0.3 is 5.32 Å². The predicted octanol–water partition coefficient (Wildman–Crippen LogP) is 5.29. The molecule has 3 aromatic rings. The molecular formula is C22H15F4NO2. The number of carbonyl (C=O) groups is 2. The van der Waals surface area contributed by atoms with Crippen LogP contribution in [0, 0.1) is 23.3 Å². The van der Waals surface area contributed by atoms with Crippen LogP contribution in [0.1, 0.15) is 22.8 Å². The van der Waals surface area contributed by atoms with Crippen molar-refractivity contribution in [2.24, 2.45) is 0 Å². The second kappa shape index (κ2) is 8.26. The van der Waals surface area contributed by atoms with E-state index in [0.29, 0.717) is 6.07 Å². The number of hydrogen-bond donors (Lipinski definition) is 1. The van der Waals surface area contributed by atoms with Gasteiger partial charge in [-0.1, -0.05) is 6.07 Å². The van der Waals surface area contributed by atoms with Crippen LogP contribution in [0.5, 0.6) is 0 Å². The van der Waals surface area contributed by atoms with E-state index in [-0.39, 0.29) is 33.7 Å². The second-order valence-electron chi connectivity index (χ2n) is 6.44. The number of rotatable bonds is 5. The lowest BCUT2D eigenvalue weighted by Gasteiger charge is -2.10. The molecule has 1 amide bonds. The zero-order chi connectivity index (χ0) is 21.1. The molecule has 3 nitrogen and oxygen atoms in total. The molecule has 0 saturated heterocycles. The van der Waals surface area contributed by atoms with Crippen LogP contribution < -0.4 is 5.32 Å². The molecule has 0 saturated carbocycles. The van der Waals surface area contributed by atoms with Gasteiger partial charge in [0.2, 0.25) is 5.91 Å². The Labute approximate surface area is 164 Å². The number of benzene rings is 3. The first kappa shape index (κ1) is 20.3. The number of nitrogens with one attached hydrogen (secondary N) is 1. The summed E-state index contributed by atoms with van der Waals surface area (Å²) in [6.45, 7) is 1.34. The third kappa shape index (κ3) is 4.87. The Kier molecular flexibility index (Phi) is 5.77. The maximum Gasteiger partial charge on any atom is 0.228 e. The molecule has 148 valence electrons. The minimum absolute atomic E-state index is 0.0375. The van der Waals surface area contributed by atoms with Gasteiger partial charge in [-0.2, -0.15) is 0 Å². The van der Waals surface area contributed by atoms with Gasteiger partial charge in [0.05, 0.1) is 6.42 Å². The van der Waals surface area contributed by atoms with Gasteiger partial charge in [-0.05, 0) is 60.5 Å². The predicted molar refractivity (Wildman–Crippen MR) is 100 cm³/mol. The fourth-order valence-electron chi connectivity index (χ4n) is 2.85. The lowest BCUT2D eigenvalue weighted by molar-refractivity contribution is -0.115. The van der Waals surface area contributed by atoms with Crippen molar-refractivity contribution in [3.05, 3.63) is 89.0 Å². The molecule has 0 heterocycles. The van der Waals surface area contributed by atoms with Crippen molar-refractivity contribution >= 4 is 17.4 Å². The maximum absolute atomic E-state index is 14.2. The molecule has 0 unspecified atom stereocenters. The Morgan fingerprint density at radius 3 is 2.14 bits per heavy atom. The van der Waals surface area contributed by atoms with E-state index in [1.807, 2.05) is 0 Å². The van der Waals surface area contributed by atoms with E-state index < -0.39 is 35.6 Å². The van der Waals surface area contributed by atoms with Crippen molar-refractivity contribution in [1.29, 1.82) is 0 Å². The first-order chi connectivity index (χ1) is 13.7. The Bertz CT molecular complexity index is 1090. The molecule has 0 spiro atoms. The molecule has 0 aliphatic rings. The number of anilines is 1. The smallest absolute Gasteiger partial charge is 0.228 e. The van der Waals surface area contributed by atoms with Gasteiger partial charge >= 0.3 is 0 Å². The number of halogens is 4. The van der Waals surface area contributed by atoms with E-state index in [1.54, 1.807) is 0 Å². The van der Waals surface area contributed by atoms with Crippen LogP contribution >= 0.6 is 0 Å². The average molecular weight is 401 g/mol. The molecule has 3 aromatic carbocycles. The fraction of sp³-hybridized carbons (Fsp3) is 0.0909. The summed E-state index contributed by atoms with van der Waals surface area (Å²) in [7, 11) is 0. The summed E-state index contributed by atoms with van der Waals surface area (Å²) in [6.07, 6.45) is -0.439. The molecule has 0 aliphatic carbocycles. The van der Waals surface area contributed by atoms with Crippen molar-refractivity contribution in [3.63, 3.8) is 0 Å². The normalized spacial score (nSPS) is 10.7. The van der Waals surface area contributed by atoms with Gasteiger partial charge in [-0.3, -0.25) is 9.59 Å². The number of Topliss-reactive ketones (excluding diaryl/α,β-unsaturated/α-hetero) is 1. The number of carbonyl (C=O) groups excluding carboxylic acids is 2. The minimum Gasteiger partial charge on any atom is -0.326 e. The second-order valence-corrected chi connectivity index (χ2v) is 6.44. The molecule has 0 atom stereocenters. The number of amides is 1. The monoisotopic (exact) mass is 401 g/mol. The van der Waals surface area contributed by atoms with Gasteiger partial charge in [-0.25, -0.2) is 17.6 Å². The zero-order valence-electron chi connectivity index (χ0n) is 15.2. The molecule has 3 rings (SSSR count). The van der Waals surface area contributed by atoms with E-state index in [2.05, 4.69) is 5.32 Å². The van der Waals surface area contributed by atoms with Crippen LogP contribution in [0.2, 0.25) is 0 Å². The van der Waals surface area contributed by atoms with E-state index in [0.717, 1.165) is 24.3 Å². The number of ketones is 1. The Morgan fingerprint density at radius 2 is 1.48 bits per heavy atom. The molecule has 0 radical (unpaired) electrons. The summed E-state index contributed by atoms with van der Waals surface area (Å²) >= 11 is 0. The van der Waals surface area contributed by atoms with Crippen LogP contribution in [0.25, 0.3) is 11.1 Å². The van der Waals surface area contributed by atoms with Crippen LogP contribution in [0.15, 0.2) is 54.6 Å². The zero-order valence-corrected chi connectivity index (χ0v) is 15.2. The van der Waals surface area contributed by atoms with Crippen LogP contribution in [-0.2, 0) is 11.2 Å². The Balaban J connectivity index is 1.87. The highest BCUT2D eigenvalue weighted by Gasteiger charge is 2.14. The molecule has 0 aliphatic heterocycles. The molecule has 7 heteroatoms. The molecule has 0 bridgehead atoms. The summed E-state index contributed by atoms with van der Waals surface area (Å²) in [4.78, 5) is 23.7.